The molecule has 0 atom stereocenters. The van der Waals surface area contributed by atoms with E-state index in [-0.39, 0.29) is 59.1 Å². The maximum atomic E-state index is 8.63. The van der Waals surface area contributed by atoms with Crippen molar-refractivity contribution in [1.82, 2.24) is 0 Å². The van der Waals surface area contributed by atoms with Gasteiger partial charge in [0.25, 0.3) is 0 Å². The molecular formula is C7H12Na2O2. The molecule has 0 saturated heterocycles. The molecule has 1 aromatic carbocycles. The van der Waals surface area contributed by atoms with Gasteiger partial charge in [-0.1, -0.05) is 18.2 Å². The first-order chi connectivity index (χ1) is 4.39. The summed E-state index contributed by atoms with van der Waals surface area (Å²) >= 11 is 0. The van der Waals surface area contributed by atoms with E-state index in [2.05, 4.69) is 0 Å². The molecule has 0 aliphatic heterocycles. The number of aliphatic hydroxyl groups excluding tert-OH is 1. The molecule has 2 N–H and O–H groups in total. The number of hydrogen-bond donors (Lipinski definition) is 2. The Labute approximate surface area is 111 Å². The van der Waals surface area contributed by atoms with Gasteiger partial charge in [-0.2, -0.15) is 0 Å². The predicted octanol–water partition coefficient (Wildman–Crippen LogP) is -0.296. The van der Waals surface area contributed by atoms with Gasteiger partial charge in [-0.15, -0.1) is 0 Å². The summed E-state index contributed by atoms with van der Waals surface area (Å²) in [6, 6.07) is 8.71. The average molecular weight is 174 g/mol. The molecule has 0 fully saturated rings. The predicted molar refractivity (Wildman–Crippen MR) is 50.5 cm³/mol. The van der Waals surface area contributed by atoms with Crippen LogP contribution in [0.25, 0.3) is 0 Å². The van der Waals surface area contributed by atoms with E-state index in [9.17, 15) is 0 Å². The zero-order valence-electron chi connectivity index (χ0n) is 5.28. The summed E-state index contributed by atoms with van der Waals surface area (Å²) in [5.74, 6) is 0.322. The number of aliphatic hydroxyl groups is 1. The van der Waals surface area contributed by atoms with Crippen LogP contribution in [0.15, 0.2) is 30.3 Å². The molecule has 0 unspecified atom stereocenters. The van der Waals surface area contributed by atoms with Crippen molar-refractivity contribution in [1.29, 1.82) is 0 Å². The van der Waals surface area contributed by atoms with Crippen molar-refractivity contribution in [3.63, 3.8) is 0 Å². The van der Waals surface area contributed by atoms with Gasteiger partial charge in [0.15, 0.2) is 0 Å². The number of phenols is 1. The number of phenolic OH excluding ortho intramolecular Hbond substituents is 1. The standard InChI is InChI=1S/C6H6O.CH4O.2Na.2H/c7-6-4-2-1-3-5-6;1-2;;;;/h1-5,7H;2H,1H3;;;;. The first-order valence-electron chi connectivity index (χ1n) is 2.58. The normalized spacial score (nSPS) is 6.00. The molecule has 0 amide bonds. The van der Waals surface area contributed by atoms with Gasteiger partial charge < -0.3 is 10.2 Å². The fourth-order valence-corrected chi connectivity index (χ4v) is 0.428. The second kappa shape index (κ2) is 13.6. The quantitative estimate of drug-likeness (QED) is 0.530. The topological polar surface area (TPSA) is 40.5 Å². The van der Waals surface area contributed by atoms with Crippen LogP contribution in [0.2, 0.25) is 0 Å². The summed E-state index contributed by atoms with van der Waals surface area (Å²) in [6.07, 6.45) is 0. The van der Waals surface area contributed by atoms with E-state index in [0.717, 1.165) is 7.11 Å². The van der Waals surface area contributed by atoms with Crippen molar-refractivity contribution in [2.75, 3.05) is 7.11 Å². The van der Waals surface area contributed by atoms with Gasteiger partial charge >= 0.3 is 59.1 Å². The Morgan fingerprint density at radius 2 is 1.27 bits per heavy atom. The van der Waals surface area contributed by atoms with Crippen LogP contribution in [0, 0.1) is 0 Å². The van der Waals surface area contributed by atoms with E-state index in [1.807, 2.05) is 6.07 Å². The Balaban J connectivity index is -0.000000149. The molecule has 1 aromatic rings. The van der Waals surface area contributed by atoms with Crippen molar-refractivity contribution >= 4 is 59.1 Å². The van der Waals surface area contributed by atoms with Gasteiger partial charge in [0.05, 0.1) is 0 Å². The molecule has 0 spiro atoms. The van der Waals surface area contributed by atoms with Gasteiger partial charge in [0, 0.05) is 7.11 Å². The Kier molecular flexibility index (Phi) is 22.1. The molecule has 0 saturated carbocycles. The molecule has 1 rings (SSSR count). The van der Waals surface area contributed by atoms with Crippen LogP contribution >= 0.6 is 0 Å². The van der Waals surface area contributed by atoms with Gasteiger partial charge in [-0.25, -0.2) is 0 Å². The van der Waals surface area contributed by atoms with Crippen molar-refractivity contribution < 1.29 is 10.2 Å². The molecule has 0 radical (unpaired) electrons. The Bertz CT molecular complexity index is 144. The minimum absolute atomic E-state index is 0. The molecule has 4 heteroatoms. The van der Waals surface area contributed by atoms with Crippen LogP contribution in [-0.4, -0.2) is 76.4 Å². The Morgan fingerprint density at radius 1 is 0.909 bits per heavy atom. The molecule has 0 bridgehead atoms. The molecule has 11 heavy (non-hydrogen) atoms. The maximum absolute atomic E-state index is 8.63. The van der Waals surface area contributed by atoms with E-state index in [0.29, 0.717) is 5.75 Å². The number of benzene rings is 1. The summed E-state index contributed by atoms with van der Waals surface area (Å²) in [4.78, 5) is 0. The second-order valence-corrected chi connectivity index (χ2v) is 1.34. The summed E-state index contributed by atoms with van der Waals surface area (Å²) < 4.78 is 0. The SMILES string of the molecule is CO.Oc1ccccc1.[NaH].[NaH]. The molecular weight excluding hydrogens is 162 g/mol. The third-order valence-corrected chi connectivity index (χ3v) is 0.756. The van der Waals surface area contributed by atoms with Crippen LogP contribution in [0.1, 0.15) is 0 Å². The number of aromatic hydroxyl groups is 1. The average Bonchev–Trinajstić information content (AvgIpc) is 1.94. The van der Waals surface area contributed by atoms with Crippen molar-refractivity contribution in [2.45, 2.75) is 0 Å². The van der Waals surface area contributed by atoms with Gasteiger partial charge in [0.2, 0.25) is 0 Å². The zero-order valence-corrected chi connectivity index (χ0v) is 5.28. The van der Waals surface area contributed by atoms with Crippen molar-refractivity contribution in [2.24, 2.45) is 0 Å². The van der Waals surface area contributed by atoms with Gasteiger partial charge in [0.1, 0.15) is 5.75 Å². The van der Waals surface area contributed by atoms with Crippen LogP contribution in [0.3, 0.4) is 0 Å². The van der Waals surface area contributed by atoms with E-state index in [1.54, 1.807) is 24.3 Å². The molecule has 0 aliphatic rings. The van der Waals surface area contributed by atoms with Crippen LogP contribution < -0.4 is 0 Å². The van der Waals surface area contributed by atoms with Crippen molar-refractivity contribution in [3.8, 4) is 5.75 Å². The summed E-state index contributed by atoms with van der Waals surface area (Å²) in [5, 5.41) is 15.6. The first kappa shape index (κ1) is 17.9. The van der Waals surface area contributed by atoms with E-state index in [1.165, 1.54) is 0 Å². The number of hydrogen-bond acceptors (Lipinski definition) is 2. The van der Waals surface area contributed by atoms with E-state index >= 15 is 0 Å². The Morgan fingerprint density at radius 3 is 1.45 bits per heavy atom. The Hall–Kier alpha value is 0.980. The van der Waals surface area contributed by atoms with Gasteiger partial charge in [-0.05, 0) is 12.1 Å². The van der Waals surface area contributed by atoms with Crippen LogP contribution in [-0.2, 0) is 0 Å². The van der Waals surface area contributed by atoms with E-state index in [4.69, 9.17) is 10.2 Å². The minimum atomic E-state index is 0. The molecule has 0 aromatic heterocycles. The third-order valence-electron chi connectivity index (χ3n) is 0.756. The zero-order chi connectivity index (χ0) is 7.11. The van der Waals surface area contributed by atoms with E-state index < -0.39 is 0 Å². The third kappa shape index (κ3) is 11.0. The molecule has 2 nitrogen and oxygen atoms in total. The van der Waals surface area contributed by atoms with Gasteiger partial charge in [-0.3, -0.25) is 0 Å². The summed E-state index contributed by atoms with van der Waals surface area (Å²) in [7, 11) is 1.00. The monoisotopic (exact) mass is 174 g/mol. The molecule has 0 heterocycles. The van der Waals surface area contributed by atoms with Crippen LogP contribution in [0.4, 0.5) is 0 Å². The molecule has 0 aliphatic carbocycles. The number of rotatable bonds is 0. The fraction of sp³-hybridized carbons (Fsp3) is 0.143. The summed E-state index contributed by atoms with van der Waals surface area (Å²) in [5.41, 5.74) is 0. The second-order valence-electron chi connectivity index (χ2n) is 1.34. The van der Waals surface area contributed by atoms with Crippen LogP contribution in [0.5, 0.6) is 5.75 Å². The van der Waals surface area contributed by atoms with Crippen molar-refractivity contribution in [3.05, 3.63) is 30.3 Å². The molecule has 54 valence electrons. The first-order valence-corrected chi connectivity index (χ1v) is 2.58. The fourth-order valence-electron chi connectivity index (χ4n) is 0.428. The number of para-hydroxylation sites is 1. The summed E-state index contributed by atoms with van der Waals surface area (Å²) in [6.45, 7) is 0.